The van der Waals surface area contributed by atoms with Gasteiger partial charge in [-0.3, -0.25) is 9.59 Å². The number of amides is 2. The average Bonchev–Trinajstić information content (AvgIpc) is 2.25. The third-order valence-corrected chi connectivity index (χ3v) is 2.01. The molecule has 1 rings (SSSR count). The van der Waals surface area contributed by atoms with E-state index in [2.05, 4.69) is 5.32 Å². The van der Waals surface area contributed by atoms with Gasteiger partial charge in [-0.2, -0.15) is 0 Å². The van der Waals surface area contributed by atoms with E-state index < -0.39 is 17.6 Å². The number of benzene rings is 1. The summed E-state index contributed by atoms with van der Waals surface area (Å²) in [6.07, 6.45) is 0. The molecule has 2 amide bonds. The lowest BCUT2D eigenvalue weighted by atomic mass is 10.3. The molecule has 0 aromatic heterocycles. The highest BCUT2D eigenvalue weighted by molar-refractivity contribution is 6.32. The van der Waals surface area contributed by atoms with Gasteiger partial charge in [-0.25, -0.2) is 4.39 Å². The fourth-order valence-electron chi connectivity index (χ4n) is 0.972. The van der Waals surface area contributed by atoms with Crippen molar-refractivity contribution >= 4 is 23.4 Å². The second-order valence-electron chi connectivity index (χ2n) is 3.11. The molecule has 7 heteroatoms. The summed E-state index contributed by atoms with van der Waals surface area (Å²) in [4.78, 5) is 21.5. The highest BCUT2D eigenvalue weighted by Gasteiger charge is 2.07. The lowest BCUT2D eigenvalue weighted by molar-refractivity contribution is -0.126. The van der Waals surface area contributed by atoms with Crippen LogP contribution in [0.15, 0.2) is 18.2 Å². The lowest BCUT2D eigenvalue weighted by Crippen LogP contribution is -2.36. The van der Waals surface area contributed by atoms with E-state index in [1.807, 2.05) is 0 Å². The van der Waals surface area contributed by atoms with E-state index in [4.69, 9.17) is 22.1 Å². The summed E-state index contributed by atoms with van der Waals surface area (Å²) >= 11 is 5.67. The van der Waals surface area contributed by atoms with Gasteiger partial charge in [0, 0.05) is 0 Å². The molecule has 0 aliphatic heterocycles. The van der Waals surface area contributed by atoms with Gasteiger partial charge in [-0.1, -0.05) is 11.6 Å². The van der Waals surface area contributed by atoms with Crippen molar-refractivity contribution in [3.63, 3.8) is 0 Å². The zero-order chi connectivity index (χ0) is 12.8. The molecule has 0 saturated heterocycles. The van der Waals surface area contributed by atoms with E-state index in [0.29, 0.717) is 0 Å². The van der Waals surface area contributed by atoms with Gasteiger partial charge < -0.3 is 15.8 Å². The predicted octanol–water partition coefficient (Wildman–Crippen LogP) is 0.459. The van der Waals surface area contributed by atoms with Gasteiger partial charge in [0.2, 0.25) is 5.91 Å². The molecule has 0 bridgehead atoms. The Kier molecular flexibility index (Phi) is 4.71. The maximum atomic E-state index is 12.7. The Morgan fingerprint density at radius 1 is 1.47 bits per heavy atom. The molecule has 1 aromatic rings. The van der Waals surface area contributed by atoms with Crippen LogP contribution in [0.4, 0.5) is 4.39 Å². The Hall–Kier alpha value is -1.82. The average molecular weight is 261 g/mol. The molecule has 92 valence electrons. The van der Waals surface area contributed by atoms with Crippen molar-refractivity contribution < 1.29 is 18.7 Å². The molecule has 0 saturated carbocycles. The maximum absolute atomic E-state index is 12.7. The Morgan fingerprint density at radius 3 is 2.76 bits per heavy atom. The molecule has 0 spiro atoms. The molecule has 0 unspecified atom stereocenters. The topological polar surface area (TPSA) is 81.4 Å². The van der Waals surface area contributed by atoms with Crippen LogP contribution >= 0.6 is 11.6 Å². The summed E-state index contributed by atoms with van der Waals surface area (Å²) in [6, 6.07) is 3.53. The van der Waals surface area contributed by atoms with Gasteiger partial charge in [0.1, 0.15) is 11.6 Å². The highest BCUT2D eigenvalue weighted by Crippen LogP contribution is 2.24. The Balaban J connectivity index is 2.44. The quantitative estimate of drug-likeness (QED) is 0.807. The van der Waals surface area contributed by atoms with Crippen LogP contribution in [-0.4, -0.2) is 25.0 Å². The van der Waals surface area contributed by atoms with Crippen LogP contribution in [0, 0.1) is 5.82 Å². The monoisotopic (exact) mass is 260 g/mol. The van der Waals surface area contributed by atoms with Crippen molar-refractivity contribution in [1.29, 1.82) is 0 Å². The first-order valence-electron chi connectivity index (χ1n) is 4.62. The van der Waals surface area contributed by atoms with Crippen molar-refractivity contribution in [2.75, 3.05) is 13.2 Å². The first-order valence-corrected chi connectivity index (χ1v) is 4.99. The minimum atomic E-state index is -0.654. The number of nitrogens with one attached hydrogen (secondary N) is 1. The highest BCUT2D eigenvalue weighted by atomic mass is 35.5. The Bertz CT molecular complexity index is 440. The van der Waals surface area contributed by atoms with Gasteiger partial charge in [-0.15, -0.1) is 0 Å². The van der Waals surface area contributed by atoms with Crippen molar-refractivity contribution in [3.8, 4) is 5.75 Å². The van der Waals surface area contributed by atoms with E-state index >= 15 is 0 Å². The van der Waals surface area contributed by atoms with Gasteiger partial charge >= 0.3 is 0 Å². The third-order valence-electron chi connectivity index (χ3n) is 1.71. The smallest absolute Gasteiger partial charge is 0.258 e. The molecular formula is C10H10ClFN2O3. The zero-order valence-corrected chi connectivity index (χ0v) is 9.46. The maximum Gasteiger partial charge on any atom is 0.258 e. The van der Waals surface area contributed by atoms with Crippen molar-refractivity contribution in [2.24, 2.45) is 5.73 Å². The number of rotatable bonds is 5. The van der Waals surface area contributed by atoms with Crippen molar-refractivity contribution in [3.05, 3.63) is 29.0 Å². The first kappa shape index (κ1) is 13.2. The Labute approximate surface area is 102 Å². The molecule has 1 aromatic carbocycles. The number of primary amides is 1. The van der Waals surface area contributed by atoms with Crippen molar-refractivity contribution in [2.45, 2.75) is 0 Å². The molecule has 0 radical (unpaired) electrons. The summed E-state index contributed by atoms with van der Waals surface area (Å²) < 4.78 is 17.7. The molecule has 0 aliphatic rings. The molecule has 0 atom stereocenters. The second-order valence-corrected chi connectivity index (χ2v) is 3.51. The summed E-state index contributed by atoms with van der Waals surface area (Å²) in [5, 5.41) is 2.29. The summed E-state index contributed by atoms with van der Waals surface area (Å²) in [5.41, 5.74) is 4.83. The third kappa shape index (κ3) is 4.69. The number of halogens is 2. The zero-order valence-electron chi connectivity index (χ0n) is 8.70. The van der Waals surface area contributed by atoms with Crippen LogP contribution in [0.3, 0.4) is 0 Å². The molecule has 0 heterocycles. The molecule has 0 aliphatic carbocycles. The Morgan fingerprint density at radius 2 is 2.18 bits per heavy atom. The number of hydrogen-bond acceptors (Lipinski definition) is 3. The molecular weight excluding hydrogens is 251 g/mol. The molecule has 3 N–H and O–H groups in total. The van der Waals surface area contributed by atoms with Crippen LogP contribution in [0.25, 0.3) is 0 Å². The van der Waals surface area contributed by atoms with Gasteiger partial charge in [0.05, 0.1) is 11.6 Å². The number of carbonyl (C=O) groups excluding carboxylic acids is 2. The summed E-state index contributed by atoms with van der Waals surface area (Å²) in [5.74, 6) is -1.50. The lowest BCUT2D eigenvalue weighted by Gasteiger charge is -2.07. The van der Waals surface area contributed by atoms with Crippen LogP contribution < -0.4 is 15.8 Å². The van der Waals surface area contributed by atoms with E-state index in [-0.39, 0.29) is 23.9 Å². The van der Waals surface area contributed by atoms with Crippen LogP contribution in [0.1, 0.15) is 0 Å². The predicted molar refractivity (Wildman–Crippen MR) is 59.1 cm³/mol. The standard InChI is InChI=1S/C10H10ClFN2O3/c11-7-3-6(12)1-2-8(7)17-5-10(16)14-4-9(13)15/h1-3H,4-5H2,(H2,13,15)(H,14,16). The molecule has 5 nitrogen and oxygen atoms in total. The van der Waals surface area contributed by atoms with Gasteiger partial charge in [0.25, 0.3) is 5.91 Å². The minimum Gasteiger partial charge on any atom is -0.482 e. The number of nitrogens with two attached hydrogens (primary N) is 1. The second kappa shape index (κ2) is 6.05. The van der Waals surface area contributed by atoms with Gasteiger partial charge in [0.15, 0.2) is 6.61 Å². The fourth-order valence-corrected chi connectivity index (χ4v) is 1.19. The first-order chi connectivity index (χ1) is 7.99. The van der Waals surface area contributed by atoms with Crippen LogP contribution in [0.2, 0.25) is 5.02 Å². The summed E-state index contributed by atoms with van der Waals surface area (Å²) in [7, 11) is 0. The van der Waals surface area contributed by atoms with E-state index in [1.165, 1.54) is 6.07 Å². The normalized spacial score (nSPS) is 9.76. The SMILES string of the molecule is NC(=O)CNC(=O)COc1ccc(F)cc1Cl. The van der Waals surface area contributed by atoms with Crippen molar-refractivity contribution in [1.82, 2.24) is 5.32 Å². The number of carbonyl (C=O) groups is 2. The summed E-state index contributed by atoms with van der Waals surface area (Å²) in [6.45, 7) is -0.599. The van der Waals surface area contributed by atoms with E-state index in [1.54, 1.807) is 0 Å². The molecule has 0 fully saturated rings. The van der Waals surface area contributed by atoms with Crippen LogP contribution in [0.5, 0.6) is 5.75 Å². The fraction of sp³-hybridized carbons (Fsp3) is 0.200. The van der Waals surface area contributed by atoms with E-state index in [9.17, 15) is 14.0 Å². The largest absolute Gasteiger partial charge is 0.482 e. The number of ether oxygens (including phenoxy) is 1. The van der Waals surface area contributed by atoms with Gasteiger partial charge in [-0.05, 0) is 18.2 Å². The molecule has 17 heavy (non-hydrogen) atoms. The minimum absolute atomic E-state index is 0.0627. The number of hydrogen-bond donors (Lipinski definition) is 2. The van der Waals surface area contributed by atoms with Crippen LogP contribution in [-0.2, 0) is 9.59 Å². The van der Waals surface area contributed by atoms with E-state index in [0.717, 1.165) is 12.1 Å².